The molecule has 0 aliphatic heterocycles. The van der Waals surface area contributed by atoms with E-state index in [0.717, 1.165) is 0 Å². The Morgan fingerprint density at radius 3 is 2.60 bits per heavy atom. The quantitative estimate of drug-likeness (QED) is 0.594. The molecule has 0 atom stereocenters. The van der Waals surface area contributed by atoms with Gasteiger partial charge in [-0.2, -0.15) is 0 Å². The number of rotatable bonds is 4. The highest BCUT2D eigenvalue weighted by molar-refractivity contribution is 5.67. The average molecular weight is 284 g/mol. The summed E-state index contributed by atoms with van der Waals surface area (Å²) in [6, 6.07) is 8.87. The molecule has 0 fully saturated rings. The van der Waals surface area contributed by atoms with E-state index in [1.807, 2.05) is 0 Å². The van der Waals surface area contributed by atoms with Gasteiger partial charge in [0.15, 0.2) is 5.75 Å². The molecule has 5 nitrogen and oxygen atoms in total. The summed E-state index contributed by atoms with van der Waals surface area (Å²) in [5.74, 6) is 5.27. The monoisotopic (exact) mass is 284 g/mol. The highest BCUT2D eigenvalue weighted by Crippen LogP contribution is 2.32. The fraction of sp³-hybridized carbons (Fsp3) is 0.0833. The summed E-state index contributed by atoms with van der Waals surface area (Å²) >= 11 is 0. The van der Waals surface area contributed by atoms with Gasteiger partial charge in [0.1, 0.15) is 5.82 Å². The minimum absolute atomic E-state index is 0.180. The van der Waals surface area contributed by atoms with E-state index < -0.39 is 6.36 Å². The number of alkyl halides is 3. The first-order valence-corrected chi connectivity index (χ1v) is 5.52. The van der Waals surface area contributed by atoms with Crippen molar-refractivity contribution in [3.05, 3.63) is 42.6 Å². The topological polar surface area (TPSA) is 72.2 Å². The highest BCUT2D eigenvalue weighted by Gasteiger charge is 2.32. The molecule has 2 aromatic rings. The predicted molar refractivity (Wildman–Crippen MR) is 68.5 cm³/mol. The van der Waals surface area contributed by atoms with E-state index in [4.69, 9.17) is 5.84 Å². The number of hydrazine groups is 1. The van der Waals surface area contributed by atoms with Crippen LogP contribution in [0.2, 0.25) is 0 Å². The minimum atomic E-state index is -4.75. The summed E-state index contributed by atoms with van der Waals surface area (Å²) in [5, 5.41) is 2.81. The standard InChI is InChI=1S/C12H11F3N4O/c13-12(14,15)20-10-4-2-1-3-9(10)18-8-5-6-17-11(7-8)19-16/h1-7H,16H2,(H2,17,18,19). The number of nitrogens with zero attached hydrogens (tertiary/aromatic N) is 1. The number of hydrogen-bond donors (Lipinski definition) is 3. The van der Waals surface area contributed by atoms with Gasteiger partial charge < -0.3 is 15.5 Å². The molecule has 106 valence electrons. The summed E-state index contributed by atoms with van der Waals surface area (Å²) in [7, 11) is 0. The van der Waals surface area contributed by atoms with Crippen molar-refractivity contribution >= 4 is 17.2 Å². The average Bonchev–Trinajstić information content (AvgIpc) is 2.40. The molecule has 0 aliphatic rings. The molecule has 4 N–H and O–H groups in total. The van der Waals surface area contributed by atoms with E-state index in [1.165, 1.54) is 24.4 Å². The van der Waals surface area contributed by atoms with Crippen molar-refractivity contribution in [1.82, 2.24) is 4.98 Å². The minimum Gasteiger partial charge on any atom is -0.404 e. The van der Waals surface area contributed by atoms with Gasteiger partial charge in [-0.05, 0) is 18.2 Å². The largest absolute Gasteiger partial charge is 0.573 e. The Kier molecular flexibility index (Phi) is 3.94. The molecule has 0 saturated carbocycles. The van der Waals surface area contributed by atoms with E-state index in [0.29, 0.717) is 11.5 Å². The summed E-state index contributed by atoms with van der Waals surface area (Å²) < 4.78 is 40.8. The Bertz CT molecular complexity index is 589. The molecule has 2 rings (SSSR count). The molecule has 8 heteroatoms. The summed E-state index contributed by atoms with van der Waals surface area (Å²) in [4.78, 5) is 3.89. The van der Waals surface area contributed by atoms with Gasteiger partial charge >= 0.3 is 6.36 Å². The number of aromatic nitrogens is 1. The van der Waals surface area contributed by atoms with E-state index in [2.05, 4.69) is 20.5 Å². The Labute approximate surface area is 112 Å². The SMILES string of the molecule is NNc1cc(Nc2ccccc2OC(F)(F)F)ccn1. The van der Waals surface area contributed by atoms with Crippen LogP contribution in [-0.2, 0) is 0 Å². The zero-order valence-corrected chi connectivity index (χ0v) is 10.1. The number of benzene rings is 1. The molecule has 1 aromatic carbocycles. The number of nitrogens with two attached hydrogens (primary N) is 1. The zero-order valence-electron chi connectivity index (χ0n) is 10.1. The summed E-state index contributed by atoms with van der Waals surface area (Å²) in [6.45, 7) is 0. The molecule has 0 aliphatic carbocycles. The van der Waals surface area contributed by atoms with Crippen molar-refractivity contribution in [3.63, 3.8) is 0 Å². The third-order valence-corrected chi connectivity index (χ3v) is 2.30. The molecule has 1 heterocycles. The number of nitrogens with one attached hydrogen (secondary N) is 2. The predicted octanol–water partition coefficient (Wildman–Crippen LogP) is 3.01. The van der Waals surface area contributed by atoms with Gasteiger partial charge in [0.2, 0.25) is 0 Å². The van der Waals surface area contributed by atoms with Crippen LogP contribution in [0.4, 0.5) is 30.4 Å². The molecule has 0 unspecified atom stereocenters. The van der Waals surface area contributed by atoms with Crippen molar-refractivity contribution < 1.29 is 17.9 Å². The number of nitrogen functional groups attached to an aromatic ring is 1. The first kappa shape index (κ1) is 13.9. The van der Waals surface area contributed by atoms with Gasteiger partial charge in [0, 0.05) is 18.0 Å². The van der Waals surface area contributed by atoms with Crippen molar-refractivity contribution in [3.8, 4) is 5.75 Å². The van der Waals surface area contributed by atoms with E-state index in [9.17, 15) is 13.2 Å². The van der Waals surface area contributed by atoms with E-state index in [1.54, 1.807) is 18.2 Å². The van der Waals surface area contributed by atoms with Crippen LogP contribution in [0, 0.1) is 0 Å². The van der Waals surface area contributed by atoms with Crippen LogP contribution in [0.25, 0.3) is 0 Å². The number of pyridine rings is 1. The number of halogens is 3. The molecule has 1 aromatic heterocycles. The van der Waals surface area contributed by atoms with Crippen LogP contribution in [0.3, 0.4) is 0 Å². The van der Waals surface area contributed by atoms with Crippen molar-refractivity contribution in [2.45, 2.75) is 6.36 Å². The van der Waals surface area contributed by atoms with Crippen LogP contribution in [0.1, 0.15) is 0 Å². The Morgan fingerprint density at radius 1 is 1.15 bits per heavy atom. The van der Waals surface area contributed by atoms with Gasteiger partial charge in [0.25, 0.3) is 0 Å². The second-order valence-electron chi connectivity index (χ2n) is 3.74. The van der Waals surface area contributed by atoms with Crippen LogP contribution in [-0.4, -0.2) is 11.3 Å². The molecular formula is C12H11F3N4O. The fourth-order valence-corrected chi connectivity index (χ4v) is 1.53. The van der Waals surface area contributed by atoms with Crippen LogP contribution in [0.15, 0.2) is 42.6 Å². The molecule has 0 saturated heterocycles. The maximum Gasteiger partial charge on any atom is 0.573 e. The van der Waals surface area contributed by atoms with Crippen LogP contribution >= 0.6 is 0 Å². The molecular weight excluding hydrogens is 273 g/mol. The second kappa shape index (κ2) is 5.66. The Morgan fingerprint density at radius 2 is 1.90 bits per heavy atom. The lowest BCUT2D eigenvalue weighted by molar-refractivity contribution is -0.274. The highest BCUT2D eigenvalue weighted by atomic mass is 19.4. The molecule has 20 heavy (non-hydrogen) atoms. The van der Waals surface area contributed by atoms with Crippen molar-refractivity contribution in [2.75, 3.05) is 10.7 Å². The number of anilines is 3. The molecule has 0 spiro atoms. The van der Waals surface area contributed by atoms with Gasteiger partial charge in [-0.25, -0.2) is 10.8 Å². The first-order valence-electron chi connectivity index (χ1n) is 5.52. The Balaban J connectivity index is 2.24. The van der Waals surface area contributed by atoms with Gasteiger partial charge in [0.05, 0.1) is 5.69 Å². The van der Waals surface area contributed by atoms with Gasteiger partial charge in [-0.1, -0.05) is 12.1 Å². The third kappa shape index (κ3) is 3.75. The lowest BCUT2D eigenvalue weighted by atomic mass is 10.2. The first-order chi connectivity index (χ1) is 9.48. The lowest BCUT2D eigenvalue weighted by Crippen LogP contribution is -2.17. The Hall–Kier alpha value is -2.48. The number of hydrogen-bond acceptors (Lipinski definition) is 5. The zero-order chi connectivity index (χ0) is 14.6. The van der Waals surface area contributed by atoms with E-state index >= 15 is 0 Å². The molecule has 0 bridgehead atoms. The fourth-order valence-electron chi connectivity index (χ4n) is 1.53. The lowest BCUT2D eigenvalue weighted by Gasteiger charge is -2.14. The van der Waals surface area contributed by atoms with Crippen LogP contribution < -0.4 is 21.3 Å². The van der Waals surface area contributed by atoms with Crippen molar-refractivity contribution in [2.24, 2.45) is 5.84 Å². The van der Waals surface area contributed by atoms with E-state index in [-0.39, 0.29) is 11.4 Å². The number of para-hydroxylation sites is 2. The number of ether oxygens (including phenoxy) is 1. The maximum atomic E-state index is 12.3. The summed E-state index contributed by atoms with van der Waals surface area (Å²) in [6.07, 6.45) is -3.29. The third-order valence-electron chi connectivity index (χ3n) is 2.30. The molecule has 0 amide bonds. The molecule has 0 radical (unpaired) electrons. The smallest absolute Gasteiger partial charge is 0.404 e. The normalized spacial score (nSPS) is 11.0. The van der Waals surface area contributed by atoms with Crippen molar-refractivity contribution in [1.29, 1.82) is 0 Å². The maximum absolute atomic E-state index is 12.3. The van der Waals surface area contributed by atoms with Crippen LogP contribution in [0.5, 0.6) is 5.75 Å². The second-order valence-corrected chi connectivity index (χ2v) is 3.74. The van der Waals surface area contributed by atoms with Gasteiger partial charge in [-0.15, -0.1) is 13.2 Å². The van der Waals surface area contributed by atoms with Gasteiger partial charge in [-0.3, -0.25) is 0 Å². The summed E-state index contributed by atoms with van der Waals surface area (Å²) in [5.41, 5.74) is 3.04.